The minimum Gasteiger partial charge on any atom is -0.375 e. The van der Waals surface area contributed by atoms with E-state index in [1.165, 1.54) is 116 Å². The Labute approximate surface area is 372 Å². The van der Waals surface area contributed by atoms with Crippen molar-refractivity contribution in [3.05, 3.63) is 173 Å². The fourth-order valence-corrected chi connectivity index (χ4v) is 13.1. The molecule has 1 aliphatic carbocycles. The molecule has 62 heavy (non-hydrogen) atoms. The van der Waals surface area contributed by atoms with E-state index in [9.17, 15) is 0 Å². The van der Waals surface area contributed by atoms with Gasteiger partial charge in [-0.25, -0.2) is 0 Å². The first-order chi connectivity index (χ1) is 29.5. The number of benzene rings is 7. The fourth-order valence-electron chi connectivity index (χ4n) is 11.6. The van der Waals surface area contributed by atoms with Crippen LogP contribution in [0.25, 0.3) is 44.4 Å². The van der Waals surface area contributed by atoms with Crippen LogP contribution in [0.15, 0.2) is 149 Å². The molecule has 3 aliphatic heterocycles. The minimum atomic E-state index is -0.195. The Morgan fingerprint density at radius 3 is 1.94 bits per heavy atom. The number of aromatic nitrogens is 1. The molecule has 2 nitrogen and oxygen atoms in total. The number of anilines is 3. The summed E-state index contributed by atoms with van der Waals surface area (Å²) in [5, 5.41) is 1.38. The highest BCUT2D eigenvalue weighted by atomic mass is 32.2. The molecular formula is C58H53BN2S. The molecule has 7 aromatic carbocycles. The normalized spacial score (nSPS) is 16.0. The second-order valence-corrected chi connectivity index (χ2v) is 22.5. The molecule has 4 heteroatoms. The number of nitrogens with zero attached hydrogens (tertiary/aromatic N) is 2. The average Bonchev–Trinajstić information content (AvgIpc) is 3.72. The van der Waals surface area contributed by atoms with Gasteiger partial charge >= 0.3 is 6.85 Å². The van der Waals surface area contributed by atoms with E-state index in [2.05, 4.69) is 218 Å². The number of hydrogen-bond donors (Lipinski definition) is 0. The molecule has 304 valence electrons. The number of fused-ring (bicyclic) bond motifs is 11. The molecule has 0 radical (unpaired) electrons. The maximum atomic E-state index is 2.80. The van der Waals surface area contributed by atoms with Crippen LogP contribution in [0.1, 0.15) is 103 Å². The van der Waals surface area contributed by atoms with E-state index in [0.29, 0.717) is 0 Å². The van der Waals surface area contributed by atoms with Crippen LogP contribution < -0.4 is 15.8 Å². The third kappa shape index (κ3) is 5.02. The Hall–Kier alpha value is -5.71. The molecule has 12 rings (SSSR count). The van der Waals surface area contributed by atoms with Gasteiger partial charge in [0.15, 0.2) is 0 Å². The molecular weight excluding hydrogens is 768 g/mol. The van der Waals surface area contributed by atoms with Crippen LogP contribution in [-0.4, -0.2) is 11.3 Å². The van der Waals surface area contributed by atoms with Crippen LogP contribution >= 0.6 is 11.8 Å². The van der Waals surface area contributed by atoms with Gasteiger partial charge in [-0.1, -0.05) is 184 Å². The highest BCUT2D eigenvalue weighted by Gasteiger charge is 2.49. The monoisotopic (exact) mass is 820 g/mol. The summed E-state index contributed by atoms with van der Waals surface area (Å²) >= 11 is 1.95. The second kappa shape index (κ2) is 12.5. The summed E-state index contributed by atoms with van der Waals surface area (Å²) in [6.07, 6.45) is 0. The highest BCUT2D eigenvalue weighted by molar-refractivity contribution is 7.99. The van der Waals surface area contributed by atoms with Crippen molar-refractivity contribution in [2.45, 2.75) is 101 Å². The molecule has 0 atom stereocenters. The summed E-state index contributed by atoms with van der Waals surface area (Å²) in [5.74, 6) is 0. The van der Waals surface area contributed by atoms with E-state index in [1.54, 1.807) is 0 Å². The number of para-hydroxylation sites is 1. The summed E-state index contributed by atoms with van der Waals surface area (Å²) in [5.41, 5.74) is 23.7. The van der Waals surface area contributed by atoms with Gasteiger partial charge in [0.25, 0.3) is 0 Å². The van der Waals surface area contributed by atoms with E-state index < -0.39 is 0 Å². The SMILES string of the molecule is CC(C)(C)c1ccc(N2c3cc4c(cc3B3c5c(cc(C(C)(C)C)cc52)-c2cccc5c6c(n3c25)-c2ccccc2C6(C)C)Sc2ccccc2C4(C)C)c(-c2ccccc2)c1. The van der Waals surface area contributed by atoms with Crippen molar-refractivity contribution in [2.75, 3.05) is 4.90 Å². The molecule has 4 heterocycles. The third-order valence-electron chi connectivity index (χ3n) is 14.9. The molecule has 0 unspecified atom stereocenters. The van der Waals surface area contributed by atoms with Crippen molar-refractivity contribution in [2.24, 2.45) is 0 Å². The molecule has 0 bridgehead atoms. The largest absolute Gasteiger partial charge is 0.375 e. The van der Waals surface area contributed by atoms with Gasteiger partial charge in [0, 0.05) is 65.3 Å². The quantitative estimate of drug-likeness (QED) is 0.161. The van der Waals surface area contributed by atoms with E-state index in [4.69, 9.17) is 0 Å². The Morgan fingerprint density at radius 1 is 0.500 bits per heavy atom. The molecule has 0 amide bonds. The van der Waals surface area contributed by atoms with Gasteiger partial charge in [-0.05, 0) is 103 Å². The zero-order chi connectivity index (χ0) is 42.8. The maximum absolute atomic E-state index is 2.80. The smallest absolute Gasteiger partial charge is 0.333 e. The van der Waals surface area contributed by atoms with Crippen molar-refractivity contribution >= 4 is 57.5 Å². The van der Waals surface area contributed by atoms with Gasteiger partial charge in [-0.2, -0.15) is 0 Å². The molecule has 0 saturated heterocycles. The fraction of sp³-hybridized carbons (Fsp3) is 0.241. The highest BCUT2D eigenvalue weighted by Crippen LogP contribution is 2.58. The van der Waals surface area contributed by atoms with Crippen LogP contribution in [-0.2, 0) is 21.7 Å². The average molecular weight is 821 g/mol. The lowest BCUT2D eigenvalue weighted by Gasteiger charge is -2.44. The van der Waals surface area contributed by atoms with Gasteiger partial charge in [0.1, 0.15) is 0 Å². The first kappa shape index (κ1) is 38.0. The zero-order valence-corrected chi connectivity index (χ0v) is 38.5. The van der Waals surface area contributed by atoms with E-state index >= 15 is 0 Å². The summed E-state index contributed by atoms with van der Waals surface area (Å²) in [6, 6.07) is 54.1. The van der Waals surface area contributed by atoms with Crippen LogP contribution in [0.5, 0.6) is 0 Å². The lowest BCUT2D eigenvalue weighted by atomic mass is 9.44. The maximum Gasteiger partial charge on any atom is 0.333 e. The summed E-state index contributed by atoms with van der Waals surface area (Å²) in [7, 11) is 0. The van der Waals surface area contributed by atoms with E-state index in [1.807, 2.05) is 11.8 Å². The van der Waals surface area contributed by atoms with Crippen molar-refractivity contribution in [3.63, 3.8) is 0 Å². The van der Waals surface area contributed by atoms with Crippen LogP contribution in [0.4, 0.5) is 17.1 Å². The van der Waals surface area contributed by atoms with Gasteiger partial charge in [-0.3, -0.25) is 0 Å². The van der Waals surface area contributed by atoms with Crippen molar-refractivity contribution in [3.8, 4) is 33.5 Å². The first-order valence-electron chi connectivity index (χ1n) is 22.5. The number of rotatable bonds is 2. The van der Waals surface area contributed by atoms with Crippen LogP contribution in [0.3, 0.4) is 0 Å². The predicted octanol–water partition coefficient (Wildman–Crippen LogP) is 14.4. The predicted molar refractivity (Wildman–Crippen MR) is 266 cm³/mol. The summed E-state index contributed by atoms with van der Waals surface area (Å²) < 4.78 is 2.80. The van der Waals surface area contributed by atoms with Gasteiger partial charge in [0.2, 0.25) is 0 Å². The van der Waals surface area contributed by atoms with Gasteiger partial charge < -0.3 is 9.38 Å². The lowest BCUT2D eigenvalue weighted by molar-refractivity contribution is 0.590. The Morgan fingerprint density at radius 2 is 1.18 bits per heavy atom. The van der Waals surface area contributed by atoms with Gasteiger partial charge in [0.05, 0.1) is 5.69 Å². The molecule has 0 saturated carbocycles. The van der Waals surface area contributed by atoms with E-state index in [-0.39, 0.29) is 28.5 Å². The Kier molecular flexibility index (Phi) is 7.65. The standard InChI is InChI=1S/C58H53BN2S/c1-55(2,3)35-27-28-46(40(29-35)34-19-12-11-13-20-34)60-47-32-44-50(62-49-26-17-16-25-43(49)57(44,7)8)33-45(47)59-52-41(30-36(31-48(52)60)56(4,5)6)37-22-18-23-39-51-54(61(59)53(37)39)38-21-14-15-24-42(38)58(51,9)10/h11-33H,1-10H3. The summed E-state index contributed by atoms with van der Waals surface area (Å²) in [6.45, 7) is 23.8. The molecule has 8 aromatic rings. The minimum absolute atomic E-state index is 0.0139. The van der Waals surface area contributed by atoms with Gasteiger partial charge in [-0.15, -0.1) is 0 Å². The van der Waals surface area contributed by atoms with Crippen molar-refractivity contribution in [1.82, 2.24) is 4.48 Å². The Balaban J connectivity index is 1.26. The third-order valence-corrected chi connectivity index (χ3v) is 16.0. The number of hydrogen-bond acceptors (Lipinski definition) is 2. The molecule has 0 N–H and O–H groups in total. The Bertz CT molecular complexity index is 3240. The zero-order valence-electron chi connectivity index (χ0n) is 37.7. The van der Waals surface area contributed by atoms with Crippen molar-refractivity contribution in [1.29, 1.82) is 0 Å². The second-order valence-electron chi connectivity index (χ2n) is 21.4. The lowest BCUT2D eigenvalue weighted by Crippen LogP contribution is -2.57. The molecule has 1 aromatic heterocycles. The summed E-state index contributed by atoms with van der Waals surface area (Å²) in [4.78, 5) is 5.39. The topological polar surface area (TPSA) is 8.17 Å². The van der Waals surface area contributed by atoms with Crippen molar-refractivity contribution < 1.29 is 0 Å². The first-order valence-corrected chi connectivity index (χ1v) is 23.3. The molecule has 4 aliphatic rings. The van der Waals surface area contributed by atoms with E-state index in [0.717, 1.165) is 0 Å². The van der Waals surface area contributed by atoms with Crippen LogP contribution in [0.2, 0.25) is 0 Å². The molecule has 0 spiro atoms. The van der Waals surface area contributed by atoms with Crippen LogP contribution in [0, 0.1) is 0 Å². The molecule has 0 fully saturated rings.